The Hall–Kier alpha value is -0.510. The molecule has 1 saturated heterocycles. The second-order valence-corrected chi connectivity index (χ2v) is 5.96. The van der Waals surface area contributed by atoms with E-state index in [-0.39, 0.29) is 0 Å². The Morgan fingerprint density at radius 3 is 2.76 bits per heavy atom. The predicted octanol–water partition coefficient (Wildman–Crippen LogP) is 2.99. The largest absolute Gasteiger partial charge is 0.377 e. The Kier molecular flexibility index (Phi) is 4.89. The summed E-state index contributed by atoms with van der Waals surface area (Å²) in [5, 5.41) is 1.13. The molecule has 1 aromatic carbocycles. The van der Waals surface area contributed by atoms with Crippen LogP contribution in [0.4, 0.5) is 0 Å². The molecule has 2 nitrogen and oxygen atoms in total. The fraction of sp³-hybridized carbons (Fsp3) is 0.571. The summed E-state index contributed by atoms with van der Waals surface area (Å²) in [6.45, 7) is 3.83. The van der Waals surface area contributed by atoms with Crippen LogP contribution in [0.15, 0.2) is 30.3 Å². The number of benzene rings is 1. The first kappa shape index (κ1) is 12.9. The van der Waals surface area contributed by atoms with Crippen LogP contribution < -0.4 is 5.73 Å². The van der Waals surface area contributed by atoms with E-state index in [0.29, 0.717) is 16.6 Å². The minimum atomic E-state index is 0.379. The molecule has 0 spiro atoms. The van der Waals surface area contributed by atoms with Gasteiger partial charge < -0.3 is 10.5 Å². The van der Waals surface area contributed by atoms with E-state index in [2.05, 4.69) is 37.3 Å². The van der Waals surface area contributed by atoms with E-state index >= 15 is 0 Å². The lowest BCUT2D eigenvalue weighted by atomic mass is 10.1. The third-order valence-electron chi connectivity index (χ3n) is 3.25. The fourth-order valence-electron chi connectivity index (χ4n) is 2.23. The van der Waals surface area contributed by atoms with E-state index in [9.17, 15) is 0 Å². The maximum atomic E-state index is 5.73. The van der Waals surface area contributed by atoms with Gasteiger partial charge in [-0.1, -0.05) is 30.3 Å². The van der Waals surface area contributed by atoms with Gasteiger partial charge in [0.25, 0.3) is 0 Å². The summed E-state index contributed by atoms with van der Waals surface area (Å²) in [5.74, 6) is 0. The molecule has 0 saturated carbocycles. The molecule has 3 heteroatoms. The highest BCUT2D eigenvalue weighted by molar-refractivity contribution is 8.00. The Morgan fingerprint density at radius 1 is 1.41 bits per heavy atom. The van der Waals surface area contributed by atoms with Gasteiger partial charge in [-0.3, -0.25) is 0 Å². The van der Waals surface area contributed by atoms with Crippen LogP contribution in [-0.2, 0) is 4.74 Å². The first-order valence-electron chi connectivity index (χ1n) is 6.33. The van der Waals surface area contributed by atoms with Crippen LogP contribution in [0.25, 0.3) is 0 Å². The van der Waals surface area contributed by atoms with E-state index < -0.39 is 0 Å². The van der Waals surface area contributed by atoms with Crippen molar-refractivity contribution in [3.05, 3.63) is 35.9 Å². The molecule has 0 amide bonds. The van der Waals surface area contributed by atoms with Crippen LogP contribution in [0.5, 0.6) is 0 Å². The van der Waals surface area contributed by atoms with Gasteiger partial charge in [-0.05, 0) is 31.9 Å². The van der Waals surface area contributed by atoms with Gasteiger partial charge in [0.05, 0.1) is 6.10 Å². The molecule has 0 aliphatic carbocycles. The number of nitrogens with two attached hydrogens (primary N) is 1. The van der Waals surface area contributed by atoms with Gasteiger partial charge in [-0.25, -0.2) is 0 Å². The van der Waals surface area contributed by atoms with Crippen molar-refractivity contribution in [2.24, 2.45) is 5.73 Å². The van der Waals surface area contributed by atoms with Crippen molar-refractivity contribution in [3.8, 4) is 0 Å². The van der Waals surface area contributed by atoms with Crippen LogP contribution in [-0.4, -0.2) is 24.5 Å². The zero-order valence-corrected chi connectivity index (χ0v) is 11.2. The van der Waals surface area contributed by atoms with Gasteiger partial charge in [-0.2, -0.15) is 0 Å². The van der Waals surface area contributed by atoms with E-state index in [1.165, 1.54) is 12.0 Å². The van der Waals surface area contributed by atoms with Crippen molar-refractivity contribution in [3.63, 3.8) is 0 Å². The number of hydrogen-bond acceptors (Lipinski definition) is 3. The Labute approximate surface area is 108 Å². The minimum absolute atomic E-state index is 0.379. The van der Waals surface area contributed by atoms with Crippen LogP contribution in [0.1, 0.15) is 30.6 Å². The third kappa shape index (κ3) is 3.47. The number of rotatable bonds is 5. The lowest BCUT2D eigenvalue weighted by molar-refractivity contribution is 0.127. The van der Waals surface area contributed by atoms with Gasteiger partial charge in [0.15, 0.2) is 0 Å². The zero-order chi connectivity index (χ0) is 12.1. The highest BCUT2D eigenvalue weighted by Gasteiger charge is 2.27. The maximum absolute atomic E-state index is 5.73. The minimum Gasteiger partial charge on any atom is -0.377 e. The molecule has 17 heavy (non-hydrogen) atoms. The smallest absolute Gasteiger partial charge is 0.0666 e. The average Bonchev–Trinajstić information content (AvgIpc) is 2.76. The molecular formula is C14H21NOS. The summed E-state index contributed by atoms with van der Waals surface area (Å²) < 4.78 is 5.63. The van der Waals surface area contributed by atoms with Crippen LogP contribution in [0.3, 0.4) is 0 Å². The summed E-state index contributed by atoms with van der Waals surface area (Å²) in [7, 11) is 0. The highest BCUT2D eigenvalue weighted by Crippen LogP contribution is 2.39. The molecule has 0 aromatic heterocycles. The summed E-state index contributed by atoms with van der Waals surface area (Å²) >= 11 is 2.03. The molecule has 1 aliphatic heterocycles. The molecule has 1 aromatic rings. The molecule has 94 valence electrons. The van der Waals surface area contributed by atoms with Crippen molar-refractivity contribution in [2.45, 2.75) is 36.4 Å². The lowest BCUT2D eigenvalue weighted by Crippen LogP contribution is -2.16. The van der Waals surface area contributed by atoms with Crippen LogP contribution in [0.2, 0.25) is 0 Å². The zero-order valence-electron chi connectivity index (χ0n) is 10.3. The molecule has 3 atom stereocenters. The normalized spacial score (nSPS) is 26.0. The van der Waals surface area contributed by atoms with Gasteiger partial charge in [0.1, 0.15) is 0 Å². The molecule has 0 bridgehead atoms. The van der Waals surface area contributed by atoms with Gasteiger partial charge >= 0.3 is 0 Å². The first-order valence-corrected chi connectivity index (χ1v) is 7.27. The summed E-state index contributed by atoms with van der Waals surface area (Å²) in [6, 6.07) is 10.7. The van der Waals surface area contributed by atoms with Gasteiger partial charge in [0.2, 0.25) is 0 Å². The highest BCUT2D eigenvalue weighted by atomic mass is 32.2. The van der Waals surface area contributed by atoms with Gasteiger partial charge in [-0.15, -0.1) is 11.8 Å². The number of thioether (sulfide) groups is 1. The van der Waals surface area contributed by atoms with Crippen molar-refractivity contribution < 1.29 is 4.74 Å². The quantitative estimate of drug-likeness (QED) is 0.874. The van der Waals surface area contributed by atoms with E-state index in [1.54, 1.807) is 0 Å². The second kappa shape index (κ2) is 6.43. The molecule has 2 rings (SSSR count). The van der Waals surface area contributed by atoms with Crippen molar-refractivity contribution in [1.82, 2.24) is 0 Å². The molecule has 1 fully saturated rings. The molecule has 0 radical (unpaired) electrons. The predicted molar refractivity (Wildman–Crippen MR) is 74.3 cm³/mol. The SMILES string of the molecule is CC1OCCC1SC(CCN)c1ccccc1. The van der Waals surface area contributed by atoms with Gasteiger partial charge in [0, 0.05) is 17.1 Å². The topological polar surface area (TPSA) is 35.2 Å². The number of hydrogen-bond donors (Lipinski definition) is 1. The fourth-order valence-corrected chi connectivity index (χ4v) is 3.77. The maximum Gasteiger partial charge on any atom is 0.0666 e. The van der Waals surface area contributed by atoms with E-state index in [1.807, 2.05) is 11.8 Å². The average molecular weight is 251 g/mol. The van der Waals surface area contributed by atoms with Crippen molar-refractivity contribution >= 4 is 11.8 Å². The van der Waals surface area contributed by atoms with E-state index in [0.717, 1.165) is 19.6 Å². The summed E-state index contributed by atoms with van der Waals surface area (Å²) in [6.07, 6.45) is 2.58. The summed E-state index contributed by atoms with van der Waals surface area (Å²) in [4.78, 5) is 0. The standard InChI is InChI=1S/C14H21NOS/c1-11-13(8-10-16-11)17-14(7-9-15)12-5-3-2-4-6-12/h2-6,11,13-14H,7-10,15H2,1H3. The monoisotopic (exact) mass is 251 g/mol. The van der Waals surface area contributed by atoms with Crippen LogP contribution >= 0.6 is 11.8 Å². The number of ether oxygens (including phenoxy) is 1. The molecule has 1 aliphatic rings. The molecule has 3 unspecified atom stereocenters. The summed E-state index contributed by atoms with van der Waals surface area (Å²) in [5.41, 5.74) is 7.12. The van der Waals surface area contributed by atoms with E-state index in [4.69, 9.17) is 10.5 Å². The second-order valence-electron chi connectivity index (χ2n) is 4.52. The van der Waals surface area contributed by atoms with Crippen molar-refractivity contribution in [1.29, 1.82) is 0 Å². The molecule has 2 N–H and O–H groups in total. The molecule has 1 heterocycles. The molecular weight excluding hydrogens is 230 g/mol. The lowest BCUT2D eigenvalue weighted by Gasteiger charge is -2.22. The van der Waals surface area contributed by atoms with Crippen molar-refractivity contribution in [2.75, 3.05) is 13.2 Å². The first-order chi connectivity index (χ1) is 8.31. The third-order valence-corrected chi connectivity index (χ3v) is 5.05. The Balaban J connectivity index is 2.02. The van der Waals surface area contributed by atoms with Crippen LogP contribution in [0, 0.1) is 0 Å². The Bertz CT molecular complexity index is 330. The Morgan fingerprint density at radius 2 is 2.18 bits per heavy atom.